The molecular weight excluding hydrogens is 186 g/mol. The SMILES string of the molecule is O=C1CCN(CC2CCCCCC2)CC1. The van der Waals surface area contributed by atoms with Crippen LogP contribution in [0.5, 0.6) is 0 Å². The molecule has 0 amide bonds. The minimum absolute atomic E-state index is 0.465. The van der Waals surface area contributed by atoms with Crippen molar-refractivity contribution in [2.24, 2.45) is 5.92 Å². The van der Waals surface area contributed by atoms with Gasteiger partial charge in [-0.15, -0.1) is 0 Å². The number of carbonyl (C=O) groups is 1. The molecule has 0 atom stereocenters. The van der Waals surface area contributed by atoms with Gasteiger partial charge in [0.1, 0.15) is 5.78 Å². The Morgan fingerprint density at radius 1 is 1.00 bits per heavy atom. The Morgan fingerprint density at radius 3 is 2.20 bits per heavy atom. The second kappa shape index (κ2) is 5.64. The molecule has 0 bridgehead atoms. The van der Waals surface area contributed by atoms with E-state index >= 15 is 0 Å². The molecule has 0 unspecified atom stereocenters. The fourth-order valence-electron chi connectivity index (χ4n) is 2.90. The zero-order valence-electron chi connectivity index (χ0n) is 9.71. The summed E-state index contributed by atoms with van der Waals surface area (Å²) in [5.74, 6) is 1.38. The molecule has 2 fully saturated rings. The van der Waals surface area contributed by atoms with E-state index < -0.39 is 0 Å². The molecule has 0 aromatic carbocycles. The lowest BCUT2D eigenvalue weighted by Crippen LogP contribution is -2.37. The van der Waals surface area contributed by atoms with Crippen molar-refractivity contribution < 1.29 is 4.79 Å². The third kappa shape index (κ3) is 3.60. The highest BCUT2D eigenvalue weighted by Crippen LogP contribution is 2.24. The first-order chi connectivity index (χ1) is 7.34. The summed E-state index contributed by atoms with van der Waals surface area (Å²) < 4.78 is 0. The van der Waals surface area contributed by atoms with Crippen molar-refractivity contribution in [2.75, 3.05) is 19.6 Å². The first-order valence-electron chi connectivity index (χ1n) is 6.58. The number of ketones is 1. The molecule has 86 valence electrons. The third-order valence-corrected chi connectivity index (χ3v) is 3.90. The maximum atomic E-state index is 11.1. The highest BCUT2D eigenvalue weighted by atomic mass is 16.1. The second-order valence-electron chi connectivity index (χ2n) is 5.20. The fraction of sp³-hybridized carbons (Fsp3) is 0.923. The molecule has 0 radical (unpaired) electrons. The molecule has 0 N–H and O–H groups in total. The summed E-state index contributed by atoms with van der Waals surface area (Å²) in [4.78, 5) is 13.6. The molecule has 1 saturated heterocycles. The van der Waals surface area contributed by atoms with E-state index in [1.807, 2.05) is 0 Å². The van der Waals surface area contributed by atoms with Crippen LogP contribution in [0, 0.1) is 5.92 Å². The van der Waals surface area contributed by atoms with Gasteiger partial charge in [-0.05, 0) is 18.8 Å². The third-order valence-electron chi connectivity index (χ3n) is 3.90. The normalized spacial score (nSPS) is 26.5. The van der Waals surface area contributed by atoms with Crippen molar-refractivity contribution in [3.05, 3.63) is 0 Å². The van der Waals surface area contributed by atoms with Crippen LogP contribution in [-0.2, 0) is 4.79 Å². The zero-order chi connectivity index (χ0) is 10.5. The summed E-state index contributed by atoms with van der Waals surface area (Å²) in [5.41, 5.74) is 0. The molecule has 0 aromatic rings. The number of hydrogen-bond donors (Lipinski definition) is 0. The Kier molecular flexibility index (Phi) is 4.18. The van der Waals surface area contributed by atoms with Crippen LogP contribution in [0.3, 0.4) is 0 Å². The number of nitrogens with zero attached hydrogens (tertiary/aromatic N) is 1. The van der Waals surface area contributed by atoms with Crippen LogP contribution in [0.25, 0.3) is 0 Å². The van der Waals surface area contributed by atoms with Crippen molar-refractivity contribution >= 4 is 5.78 Å². The van der Waals surface area contributed by atoms with E-state index in [4.69, 9.17) is 0 Å². The van der Waals surface area contributed by atoms with E-state index in [1.165, 1.54) is 45.1 Å². The Labute approximate surface area is 93.0 Å². The second-order valence-corrected chi connectivity index (χ2v) is 5.20. The van der Waals surface area contributed by atoms with E-state index in [-0.39, 0.29) is 0 Å². The Balaban J connectivity index is 1.73. The highest BCUT2D eigenvalue weighted by molar-refractivity contribution is 5.79. The van der Waals surface area contributed by atoms with Crippen LogP contribution in [0.2, 0.25) is 0 Å². The van der Waals surface area contributed by atoms with Crippen LogP contribution >= 0.6 is 0 Å². The molecule has 2 nitrogen and oxygen atoms in total. The number of likely N-dealkylation sites (tertiary alicyclic amines) is 1. The van der Waals surface area contributed by atoms with Crippen LogP contribution < -0.4 is 0 Å². The first-order valence-corrected chi connectivity index (χ1v) is 6.58. The smallest absolute Gasteiger partial charge is 0.135 e. The number of rotatable bonds is 2. The molecular formula is C13H23NO. The number of hydrogen-bond acceptors (Lipinski definition) is 2. The van der Waals surface area contributed by atoms with Gasteiger partial charge in [-0.1, -0.05) is 25.7 Å². The molecule has 2 aliphatic rings. The predicted octanol–water partition coefficient (Wildman–Crippen LogP) is 2.62. The maximum Gasteiger partial charge on any atom is 0.135 e. The van der Waals surface area contributed by atoms with Gasteiger partial charge in [-0.3, -0.25) is 4.79 Å². The van der Waals surface area contributed by atoms with Gasteiger partial charge in [0.2, 0.25) is 0 Å². The van der Waals surface area contributed by atoms with E-state index in [2.05, 4.69) is 4.90 Å². The van der Waals surface area contributed by atoms with Crippen molar-refractivity contribution in [3.8, 4) is 0 Å². The molecule has 1 aliphatic carbocycles. The van der Waals surface area contributed by atoms with Crippen LogP contribution in [0.1, 0.15) is 51.4 Å². The summed E-state index contributed by atoms with van der Waals surface area (Å²) in [6, 6.07) is 0. The first kappa shape index (κ1) is 11.1. The minimum Gasteiger partial charge on any atom is -0.302 e. The summed E-state index contributed by atoms with van der Waals surface area (Å²) in [7, 11) is 0. The largest absolute Gasteiger partial charge is 0.302 e. The molecule has 15 heavy (non-hydrogen) atoms. The van der Waals surface area contributed by atoms with Crippen molar-refractivity contribution in [3.63, 3.8) is 0 Å². The maximum absolute atomic E-state index is 11.1. The van der Waals surface area contributed by atoms with E-state index in [0.29, 0.717) is 5.78 Å². The Hall–Kier alpha value is -0.370. The summed E-state index contributed by atoms with van der Waals surface area (Å²) in [6.45, 7) is 3.30. The quantitative estimate of drug-likeness (QED) is 0.652. The summed E-state index contributed by atoms with van der Waals surface area (Å²) in [6.07, 6.45) is 10.2. The zero-order valence-corrected chi connectivity index (χ0v) is 9.71. The fourth-order valence-corrected chi connectivity index (χ4v) is 2.90. The Bertz CT molecular complexity index is 197. The van der Waals surface area contributed by atoms with Crippen molar-refractivity contribution in [1.82, 2.24) is 4.90 Å². The average Bonchev–Trinajstić information content (AvgIpc) is 2.50. The van der Waals surface area contributed by atoms with Gasteiger partial charge in [0.25, 0.3) is 0 Å². The Morgan fingerprint density at radius 2 is 1.60 bits per heavy atom. The van der Waals surface area contributed by atoms with Gasteiger partial charge < -0.3 is 4.90 Å². The average molecular weight is 209 g/mol. The number of Topliss-reactive ketones (excluding diaryl/α,β-unsaturated/α-hetero) is 1. The summed E-state index contributed by atoms with van der Waals surface area (Å²) in [5, 5.41) is 0. The molecule has 2 rings (SSSR count). The van der Waals surface area contributed by atoms with Gasteiger partial charge in [-0.25, -0.2) is 0 Å². The molecule has 1 heterocycles. The van der Waals surface area contributed by atoms with Gasteiger partial charge in [0.05, 0.1) is 0 Å². The molecule has 0 spiro atoms. The number of piperidine rings is 1. The van der Waals surface area contributed by atoms with Crippen molar-refractivity contribution in [2.45, 2.75) is 51.4 Å². The standard InChI is InChI=1S/C13H23NO/c15-13-7-9-14(10-8-13)11-12-5-3-1-2-4-6-12/h12H,1-11H2. The van der Waals surface area contributed by atoms with Crippen LogP contribution in [0.15, 0.2) is 0 Å². The molecule has 2 heteroatoms. The van der Waals surface area contributed by atoms with Crippen LogP contribution in [0.4, 0.5) is 0 Å². The molecule has 1 saturated carbocycles. The van der Waals surface area contributed by atoms with E-state index in [0.717, 1.165) is 31.8 Å². The van der Waals surface area contributed by atoms with E-state index in [9.17, 15) is 4.79 Å². The van der Waals surface area contributed by atoms with E-state index in [1.54, 1.807) is 0 Å². The lowest BCUT2D eigenvalue weighted by Gasteiger charge is -2.29. The predicted molar refractivity (Wildman–Crippen MR) is 61.9 cm³/mol. The highest BCUT2D eigenvalue weighted by Gasteiger charge is 2.20. The van der Waals surface area contributed by atoms with Gasteiger partial charge in [-0.2, -0.15) is 0 Å². The number of carbonyl (C=O) groups excluding carboxylic acids is 1. The lowest BCUT2D eigenvalue weighted by molar-refractivity contribution is -0.121. The molecule has 0 aromatic heterocycles. The monoisotopic (exact) mass is 209 g/mol. The van der Waals surface area contributed by atoms with Crippen LogP contribution in [-0.4, -0.2) is 30.3 Å². The topological polar surface area (TPSA) is 20.3 Å². The van der Waals surface area contributed by atoms with Gasteiger partial charge in [0.15, 0.2) is 0 Å². The van der Waals surface area contributed by atoms with Gasteiger partial charge >= 0.3 is 0 Å². The minimum atomic E-state index is 0.465. The van der Waals surface area contributed by atoms with Crippen molar-refractivity contribution in [1.29, 1.82) is 0 Å². The lowest BCUT2D eigenvalue weighted by atomic mass is 9.98. The molecule has 1 aliphatic heterocycles. The summed E-state index contributed by atoms with van der Waals surface area (Å²) >= 11 is 0. The van der Waals surface area contributed by atoms with Gasteiger partial charge in [0, 0.05) is 32.5 Å².